The van der Waals surface area contributed by atoms with Gasteiger partial charge in [-0.1, -0.05) is 18.2 Å². The molecule has 0 N–H and O–H groups in total. The Morgan fingerprint density at radius 2 is 1.75 bits per heavy atom. The second-order valence-corrected chi connectivity index (χ2v) is 7.29. The first-order valence-electron chi connectivity index (χ1n) is 9.90. The molecule has 5 heteroatoms. The van der Waals surface area contributed by atoms with E-state index in [0.717, 1.165) is 25.1 Å². The van der Waals surface area contributed by atoms with Gasteiger partial charge in [0.2, 0.25) is 5.91 Å². The minimum atomic E-state index is -0.0608. The molecule has 0 bridgehead atoms. The van der Waals surface area contributed by atoms with Crippen LogP contribution in [0.5, 0.6) is 11.5 Å². The Hall–Kier alpha value is -2.66. The smallest absolute Gasteiger partial charge is 0.236 e. The molecule has 5 nitrogen and oxygen atoms in total. The maximum atomic E-state index is 12.9. The van der Waals surface area contributed by atoms with Gasteiger partial charge in [0, 0.05) is 31.6 Å². The number of hydrogen-bond donors (Lipinski definition) is 0. The zero-order chi connectivity index (χ0) is 19.9. The molecular weight excluding hydrogens is 352 g/mol. The number of piperidine rings is 1. The Balaban J connectivity index is 1.59. The lowest BCUT2D eigenvalue weighted by molar-refractivity contribution is -0.131. The van der Waals surface area contributed by atoms with Crippen molar-refractivity contribution in [3.05, 3.63) is 60.2 Å². The van der Waals surface area contributed by atoms with Crippen LogP contribution in [-0.4, -0.2) is 54.7 Å². The zero-order valence-electron chi connectivity index (χ0n) is 16.6. The lowest BCUT2D eigenvalue weighted by atomic mass is 9.90. The number of ketones is 1. The number of carbonyl (C=O) groups is 2. The summed E-state index contributed by atoms with van der Waals surface area (Å²) in [7, 11) is 1.81. The fourth-order valence-corrected chi connectivity index (χ4v) is 3.45. The number of nitrogens with zero attached hydrogens (tertiary/aromatic N) is 2. The van der Waals surface area contributed by atoms with Gasteiger partial charge in [-0.3, -0.25) is 14.5 Å². The quantitative estimate of drug-likeness (QED) is 0.685. The first-order valence-corrected chi connectivity index (χ1v) is 9.90. The molecule has 1 aliphatic rings. The summed E-state index contributed by atoms with van der Waals surface area (Å²) in [6.45, 7) is 4.57. The number of para-hydroxylation sites is 1. The van der Waals surface area contributed by atoms with Crippen molar-refractivity contribution in [2.24, 2.45) is 5.92 Å². The van der Waals surface area contributed by atoms with Gasteiger partial charge in [-0.15, -0.1) is 0 Å². The number of hydrogen-bond acceptors (Lipinski definition) is 4. The summed E-state index contributed by atoms with van der Waals surface area (Å²) >= 11 is 0. The topological polar surface area (TPSA) is 49.9 Å². The summed E-state index contributed by atoms with van der Waals surface area (Å²) in [4.78, 5) is 28.9. The van der Waals surface area contributed by atoms with Crippen LogP contribution < -0.4 is 4.74 Å². The lowest BCUT2D eigenvalue weighted by Crippen LogP contribution is -2.44. The molecule has 2 aromatic rings. The number of amides is 1. The van der Waals surface area contributed by atoms with Gasteiger partial charge >= 0.3 is 0 Å². The summed E-state index contributed by atoms with van der Waals surface area (Å²) in [5, 5.41) is 0. The fraction of sp³-hybridized carbons (Fsp3) is 0.391. The molecule has 1 atom stereocenters. The van der Waals surface area contributed by atoms with E-state index in [4.69, 9.17) is 4.74 Å². The van der Waals surface area contributed by atoms with Crippen LogP contribution >= 0.6 is 0 Å². The highest BCUT2D eigenvalue weighted by atomic mass is 16.5. The Labute approximate surface area is 166 Å². The second kappa shape index (κ2) is 9.51. The minimum Gasteiger partial charge on any atom is -0.457 e. The first-order chi connectivity index (χ1) is 13.6. The highest BCUT2D eigenvalue weighted by molar-refractivity contribution is 5.98. The Morgan fingerprint density at radius 1 is 1.07 bits per heavy atom. The summed E-state index contributed by atoms with van der Waals surface area (Å²) in [6, 6.07) is 16.9. The number of likely N-dealkylation sites (tertiary alicyclic amines) is 1. The Kier molecular flexibility index (Phi) is 6.82. The van der Waals surface area contributed by atoms with Crippen LogP contribution in [0, 0.1) is 5.92 Å². The normalized spacial score (nSPS) is 17.1. The van der Waals surface area contributed by atoms with Crippen LogP contribution in [0.4, 0.5) is 0 Å². The number of rotatable bonds is 7. The number of likely N-dealkylation sites (N-methyl/N-ethyl adjacent to an activating group) is 1. The van der Waals surface area contributed by atoms with E-state index in [-0.39, 0.29) is 17.6 Å². The molecule has 0 saturated carbocycles. The monoisotopic (exact) mass is 380 g/mol. The van der Waals surface area contributed by atoms with Crippen molar-refractivity contribution in [3.63, 3.8) is 0 Å². The number of ether oxygens (including phenoxy) is 1. The average molecular weight is 380 g/mol. The molecule has 1 amide bonds. The van der Waals surface area contributed by atoms with Crippen LogP contribution in [0.15, 0.2) is 54.6 Å². The molecule has 0 radical (unpaired) electrons. The third-order valence-corrected chi connectivity index (χ3v) is 5.25. The number of Topliss-reactive ketones (excluding diaryl/α,β-unsaturated/α-hetero) is 1. The SMILES string of the molecule is CCN(C)C(=O)CN1CCCC(C(=O)c2ccc(Oc3ccccc3)cc2)C1. The van der Waals surface area contributed by atoms with E-state index >= 15 is 0 Å². The van der Waals surface area contributed by atoms with Gasteiger partial charge in [0.05, 0.1) is 6.54 Å². The van der Waals surface area contributed by atoms with Gasteiger partial charge in [-0.05, 0) is 62.7 Å². The van der Waals surface area contributed by atoms with E-state index in [1.54, 1.807) is 4.90 Å². The highest BCUT2D eigenvalue weighted by Gasteiger charge is 2.28. The molecule has 0 spiro atoms. The van der Waals surface area contributed by atoms with E-state index in [1.807, 2.05) is 68.6 Å². The van der Waals surface area contributed by atoms with Crippen LogP contribution in [0.25, 0.3) is 0 Å². The largest absolute Gasteiger partial charge is 0.457 e. The molecule has 3 rings (SSSR count). The molecule has 28 heavy (non-hydrogen) atoms. The fourth-order valence-electron chi connectivity index (χ4n) is 3.45. The van der Waals surface area contributed by atoms with Gasteiger partial charge in [-0.25, -0.2) is 0 Å². The van der Waals surface area contributed by atoms with E-state index in [0.29, 0.717) is 30.9 Å². The Morgan fingerprint density at radius 3 is 2.43 bits per heavy atom. The third kappa shape index (κ3) is 5.20. The van der Waals surface area contributed by atoms with Crippen molar-refractivity contribution >= 4 is 11.7 Å². The van der Waals surface area contributed by atoms with Crippen molar-refractivity contribution in [2.45, 2.75) is 19.8 Å². The van der Waals surface area contributed by atoms with Crippen molar-refractivity contribution in [1.29, 1.82) is 0 Å². The first kappa shape index (κ1) is 20.1. The molecule has 1 saturated heterocycles. The summed E-state index contributed by atoms with van der Waals surface area (Å²) in [5.41, 5.74) is 0.698. The third-order valence-electron chi connectivity index (χ3n) is 5.25. The predicted molar refractivity (Wildman–Crippen MR) is 110 cm³/mol. The maximum absolute atomic E-state index is 12.9. The summed E-state index contributed by atoms with van der Waals surface area (Å²) < 4.78 is 5.79. The molecule has 1 heterocycles. The van der Waals surface area contributed by atoms with Crippen LogP contribution in [0.2, 0.25) is 0 Å². The lowest BCUT2D eigenvalue weighted by Gasteiger charge is -2.32. The van der Waals surface area contributed by atoms with Crippen LogP contribution in [0.3, 0.4) is 0 Å². The van der Waals surface area contributed by atoms with Gasteiger partial charge in [0.15, 0.2) is 5.78 Å². The van der Waals surface area contributed by atoms with Gasteiger partial charge in [0.25, 0.3) is 0 Å². The van der Waals surface area contributed by atoms with E-state index in [1.165, 1.54) is 0 Å². The molecule has 0 aromatic heterocycles. The Bertz CT molecular complexity index is 789. The molecule has 148 valence electrons. The van der Waals surface area contributed by atoms with Crippen molar-refractivity contribution in [2.75, 3.05) is 33.2 Å². The van der Waals surface area contributed by atoms with E-state index in [9.17, 15) is 9.59 Å². The zero-order valence-corrected chi connectivity index (χ0v) is 16.6. The van der Waals surface area contributed by atoms with Crippen LogP contribution in [-0.2, 0) is 4.79 Å². The standard InChI is InChI=1S/C23H28N2O3/c1-3-24(2)22(26)17-25-15-7-8-19(16-25)23(27)18-11-13-21(14-12-18)28-20-9-5-4-6-10-20/h4-6,9-14,19H,3,7-8,15-17H2,1-2H3. The van der Waals surface area contributed by atoms with E-state index in [2.05, 4.69) is 4.90 Å². The van der Waals surface area contributed by atoms with Gasteiger partial charge in [0.1, 0.15) is 11.5 Å². The molecule has 2 aromatic carbocycles. The van der Waals surface area contributed by atoms with Crippen molar-refractivity contribution in [1.82, 2.24) is 9.80 Å². The summed E-state index contributed by atoms with van der Waals surface area (Å²) in [6.07, 6.45) is 1.81. The van der Waals surface area contributed by atoms with Crippen LogP contribution in [0.1, 0.15) is 30.1 Å². The predicted octanol–water partition coefficient (Wildman–Crippen LogP) is 3.85. The molecule has 0 aliphatic carbocycles. The highest BCUT2D eigenvalue weighted by Crippen LogP contribution is 2.24. The molecular formula is C23H28N2O3. The molecule has 1 aliphatic heterocycles. The van der Waals surface area contributed by atoms with Crippen molar-refractivity contribution < 1.29 is 14.3 Å². The van der Waals surface area contributed by atoms with Gasteiger partial charge < -0.3 is 9.64 Å². The number of carbonyl (C=O) groups excluding carboxylic acids is 2. The molecule has 1 fully saturated rings. The summed E-state index contributed by atoms with van der Waals surface area (Å²) in [5.74, 6) is 1.67. The minimum absolute atomic E-state index is 0.0608. The maximum Gasteiger partial charge on any atom is 0.236 e. The van der Waals surface area contributed by atoms with E-state index < -0.39 is 0 Å². The van der Waals surface area contributed by atoms with Crippen molar-refractivity contribution in [3.8, 4) is 11.5 Å². The average Bonchev–Trinajstić information content (AvgIpc) is 2.74. The van der Waals surface area contributed by atoms with Gasteiger partial charge in [-0.2, -0.15) is 0 Å². The number of benzene rings is 2. The molecule has 1 unspecified atom stereocenters. The second-order valence-electron chi connectivity index (χ2n) is 7.29.